The molecular weight excluding hydrogens is 356 g/mol. The zero-order chi connectivity index (χ0) is 18.1. The number of nitrogens with zero attached hydrogens (tertiary/aromatic N) is 4. The van der Waals surface area contributed by atoms with Gasteiger partial charge in [0.05, 0.1) is 5.69 Å². The van der Waals surface area contributed by atoms with Crippen LogP contribution in [-0.2, 0) is 0 Å². The number of rotatable bonds is 3. The highest BCUT2D eigenvalue weighted by atomic mass is 35.5. The van der Waals surface area contributed by atoms with E-state index >= 15 is 0 Å². The third-order valence-electron chi connectivity index (χ3n) is 4.35. The Morgan fingerprint density at radius 3 is 2.50 bits per heavy atom. The molecule has 2 N–H and O–H groups in total. The van der Waals surface area contributed by atoms with Gasteiger partial charge in [0, 0.05) is 53.9 Å². The maximum atomic E-state index is 12.5. The number of anilines is 3. The number of halogens is 1. The Hall–Kier alpha value is -2.84. The average Bonchev–Trinajstić information content (AvgIpc) is 2.67. The lowest BCUT2D eigenvalue weighted by atomic mass is 10.2. The minimum absolute atomic E-state index is 0.107. The molecule has 0 unspecified atom stereocenters. The number of piperazine rings is 1. The number of benzene rings is 2. The van der Waals surface area contributed by atoms with E-state index in [1.807, 2.05) is 24.3 Å². The first kappa shape index (κ1) is 16.6. The van der Waals surface area contributed by atoms with Crippen molar-refractivity contribution in [1.82, 2.24) is 10.4 Å². The molecule has 2 aromatic carbocycles. The number of nitrogens with one attached hydrogen (secondary N) is 2. The maximum Gasteiger partial charge on any atom is 0.465 e. The Balaban J connectivity index is 1.61. The van der Waals surface area contributed by atoms with Crippen molar-refractivity contribution in [2.45, 2.75) is 0 Å². The van der Waals surface area contributed by atoms with Crippen LogP contribution in [0.15, 0.2) is 42.5 Å². The molecule has 9 heteroatoms. The smallest absolute Gasteiger partial charge is 0.465 e. The molecule has 1 aliphatic heterocycles. The Morgan fingerprint density at radius 2 is 1.77 bits per heavy atom. The second-order valence-corrected chi connectivity index (χ2v) is 6.47. The molecule has 1 fully saturated rings. The Bertz CT molecular complexity index is 944. The number of fused-ring (bicyclic) bond motifs is 1. The topological polar surface area (TPSA) is 94.1 Å². The second kappa shape index (κ2) is 6.81. The van der Waals surface area contributed by atoms with Crippen LogP contribution in [0.5, 0.6) is 0 Å². The highest BCUT2D eigenvalue weighted by Gasteiger charge is 2.21. The van der Waals surface area contributed by atoms with Crippen LogP contribution in [0.2, 0.25) is 5.02 Å². The van der Waals surface area contributed by atoms with Crippen LogP contribution < -0.4 is 25.1 Å². The van der Waals surface area contributed by atoms with Gasteiger partial charge in [0.1, 0.15) is 0 Å². The number of aromatic nitrogens is 3. The van der Waals surface area contributed by atoms with Crippen molar-refractivity contribution < 1.29 is 9.58 Å². The fourth-order valence-corrected chi connectivity index (χ4v) is 3.17. The minimum atomic E-state index is -0.107. The van der Waals surface area contributed by atoms with E-state index < -0.39 is 0 Å². The monoisotopic (exact) mass is 372 g/mol. The van der Waals surface area contributed by atoms with Gasteiger partial charge in [-0.2, -0.15) is 0 Å². The predicted molar refractivity (Wildman–Crippen MR) is 99.5 cm³/mol. The quantitative estimate of drug-likeness (QED) is 0.532. The maximum absolute atomic E-state index is 12.5. The van der Waals surface area contributed by atoms with Crippen molar-refractivity contribution in [2.75, 3.05) is 36.4 Å². The zero-order valence-electron chi connectivity index (χ0n) is 13.9. The minimum Gasteiger partial charge on any atom is -0.739 e. The molecular formula is C17H17ClN6O2. The van der Waals surface area contributed by atoms with Crippen LogP contribution in [-0.4, -0.2) is 31.3 Å². The highest BCUT2D eigenvalue weighted by molar-refractivity contribution is 6.31. The fourth-order valence-electron chi connectivity index (χ4n) is 3.00. The van der Waals surface area contributed by atoms with Crippen LogP contribution in [0.4, 0.5) is 17.3 Å². The van der Waals surface area contributed by atoms with Gasteiger partial charge in [-0.25, -0.2) is 10.0 Å². The van der Waals surface area contributed by atoms with E-state index in [-0.39, 0.29) is 17.0 Å². The van der Waals surface area contributed by atoms with Crippen molar-refractivity contribution in [3.63, 3.8) is 0 Å². The van der Waals surface area contributed by atoms with Gasteiger partial charge in [-0.15, -0.1) is 0 Å². The molecule has 0 bridgehead atoms. The molecule has 0 aliphatic carbocycles. The first-order chi connectivity index (χ1) is 12.6. The van der Waals surface area contributed by atoms with Gasteiger partial charge in [-0.3, -0.25) is 0 Å². The van der Waals surface area contributed by atoms with E-state index in [0.29, 0.717) is 20.3 Å². The van der Waals surface area contributed by atoms with E-state index in [1.54, 1.807) is 6.07 Å². The van der Waals surface area contributed by atoms with Crippen molar-refractivity contribution in [1.29, 1.82) is 0 Å². The molecule has 4 rings (SSSR count). The van der Waals surface area contributed by atoms with Gasteiger partial charge in [-0.05, 0) is 30.3 Å². The summed E-state index contributed by atoms with van der Waals surface area (Å²) in [6.07, 6.45) is 0. The molecule has 134 valence electrons. The van der Waals surface area contributed by atoms with Crippen LogP contribution >= 0.6 is 11.6 Å². The van der Waals surface area contributed by atoms with Gasteiger partial charge < -0.3 is 20.6 Å². The van der Waals surface area contributed by atoms with Crippen LogP contribution in [0.3, 0.4) is 0 Å². The number of hydrogen-bond acceptors (Lipinski definition) is 6. The predicted octanol–water partition coefficient (Wildman–Crippen LogP) is 1.31. The molecule has 3 aromatic rings. The molecule has 0 saturated carbocycles. The summed E-state index contributed by atoms with van der Waals surface area (Å²) in [5, 5.41) is 35.0. The lowest BCUT2D eigenvalue weighted by Gasteiger charge is -2.29. The van der Waals surface area contributed by atoms with Crippen LogP contribution in [0.25, 0.3) is 11.0 Å². The first-order valence-corrected chi connectivity index (χ1v) is 8.65. The van der Waals surface area contributed by atoms with E-state index in [0.717, 1.165) is 31.9 Å². The van der Waals surface area contributed by atoms with E-state index in [4.69, 9.17) is 11.6 Å². The standard InChI is InChI=1S/C17H17ClN6O2/c18-12-1-6-15-16(11-12)23(25)17(21-24(15)26)20-13-2-4-14(5-3-13)22-9-7-19-8-10-22/h1-6,11,19H,7-10H2,(H,20,21). The number of hydrogen-bond donors (Lipinski definition) is 2. The molecule has 2 heterocycles. The summed E-state index contributed by atoms with van der Waals surface area (Å²) in [6, 6.07) is 12.1. The molecule has 8 nitrogen and oxygen atoms in total. The van der Waals surface area contributed by atoms with Crippen molar-refractivity contribution >= 4 is 40.0 Å². The molecule has 0 atom stereocenters. The lowest BCUT2D eigenvalue weighted by Crippen LogP contribution is -2.43. The summed E-state index contributed by atoms with van der Waals surface area (Å²) in [5.74, 6) is -0.107. The summed E-state index contributed by atoms with van der Waals surface area (Å²) >= 11 is 5.93. The van der Waals surface area contributed by atoms with E-state index in [2.05, 4.69) is 20.6 Å². The van der Waals surface area contributed by atoms with Crippen LogP contribution in [0, 0.1) is 10.4 Å². The van der Waals surface area contributed by atoms with Gasteiger partial charge in [-0.1, -0.05) is 11.6 Å². The van der Waals surface area contributed by atoms with Crippen molar-refractivity contribution in [3.05, 3.63) is 57.9 Å². The molecule has 26 heavy (non-hydrogen) atoms. The van der Waals surface area contributed by atoms with Crippen molar-refractivity contribution in [2.24, 2.45) is 0 Å². The largest absolute Gasteiger partial charge is 0.739 e. The van der Waals surface area contributed by atoms with E-state index in [1.165, 1.54) is 12.1 Å². The first-order valence-electron chi connectivity index (χ1n) is 8.27. The highest BCUT2D eigenvalue weighted by Crippen LogP contribution is 2.20. The van der Waals surface area contributed by atoms with Crippen LogP contribution in [0.1, 0.15) is 0 Å². The summed E-state index contributed by atoms with van der Waals surface area (Å²) < 4.78 is 0.569. The molecule has 1 aromatic heterocycles. The lowest BCUT2D eigenvalue weighted by molar-refractivity contribution is -0.672. The summed E-state index contributed by atoms with van der Waals surface area (Å²) in [5.41, 5.74) is 2.10. The second-order valence-electron chi connectivity index (χ2n) is 6.03. The third kappa shape index (κ3) is 3.16. The molecule has 0 spiro atoms. The van der Waals surface area contributed by atoms with Gasteiger partial charge in [0.2, 0.25) is 5.10 Å². The zero-order valence-corrected chi connectivity index (χ0v) is 14.6. The Labute approximate surface area is 154 Å². The van der Waals surface area contributed by atoms with Gasteiger partial charge in [0.25, 0.3) is 5.52 Å². The SMILES string of the molecule is [O-][n+]1nc(Nc2ccc(N3CCNCC3)cc2)[n+]([O-])c2cc(Cl)ccc21. The molecule has 0 radical (unpaired) electrons. The molecule has 1 saturated heterocycles. The van der Waals surface area contributed by atoms with Crippen molar-refractivity contribution in [3.8, 4) is 0 Å². The summed E-state index contributed by atoms with van der Waals surface area (Å²) in [4.78, 5) is 2.70. The summed E-state index contributed by atoms with van der Waals surface area (Å²) in [6.45, 7) is 3.83. The summed E-state index contributed by atoms with van der Waals surface area (Å²) in [7, 11) is 0. The average molecular weight is 373 g/mol. The molecule has 0 amide bonds. The third-order valence-corrected chi connectivity index (χ3v) is 4.58. The normalized spacial score (nSPS) is 14.6. The Morgan fingerprint density at radius 1 is 1.04 bits per heavy atom. The van der Waals surface area contributed by atoms with Gasteiger partial charge in [0.15, 0.2) is 5.52 Å². The van der Waals surface area contributed by atoms with Gasteiger partial charge >= 0.3 is 5.95 Å². The van der Waals surface area contributed by atoms with E-state index in [9.17, 15) is 10.4 Å². The molecule has 1 aliphatic rings. The Kier molecular flexibility index (Phi) is 4.36. The fraction of sp³-hybridized carbons (Fsp3) is 0.235.